The van der Waals surface area contributed by atoms with E-state index < -0.39 is 0 Å². The number of carbonyl (C=O) groups excluding carboxylic acids is 1. The van der Waals surface area contributed by atoms with Gasteiger partial charge in [-0.2, -0.15) is 0 Å². The molecule has 4 nitrogen and oxygen atoms in total. The zero-order valence-electron chi connectivity index (χ0n) is 10.9. The fraction of sp³-hybridized carbons (Fsp3) is 0.462. The molecule has 1 aromatic rings. The van der Waals surface area contributed by atoms with Crippen molar-refractivity contribution < 1.29 is 4.79 Å². The van der Waals surface area contributed by atoms with E-state index in [0.29, 0.717) is 11.5 Å². The molecule has 1 rings (SSSR count). The largest absolute Gasteiger partial charge is 0.349 e. The molecule has 0 aromatic heterocycles. The number of benzene rings is 1. The minimum absolute atomic E-state index is 0.0436. The number of hydrogen-bond acceptors (Lipinski definition) is 3. The average molecular weight is 235 g/mol. The zero-order chi connectivity index (χ0) is 13.0. The first-order valence-corrected chi connectivity index (χ1v) is 5.83. The third-order valence-corrected chi connectivity index (χ3v) is 3.00. The Labute approximate surface area is 103 Å². The topological polar surface area (TPSA) is 67.2 Å². The second-order valence-corrected chi connectivity index (χ2v) is 4.68. The summed E-state index contributed by atoms with van der Waals surface area (Å²) in [5.74, 6) is 5.72. The molecule has 0 aliphatic heterocycles. The number of anilines is 1. The van der Waals surface area contributed by atoms with Gasteiger partial charge >= 0.3 is 0 Å². The third-order valence-electron chi connectivity index (χ3n) is 3.00. The first-order chi connectivity index (χ1) is 7.95. The molecule has 0 spiro atoms. The van der Waals surface area contributed by atoms with Gasteiger partial charge in [0, 0.05) is 11.6 Å². The molecule has 0 aliphatic rings. The monoisotopic (exact) mass is 235 g/mol. The fourth-order valence-electron chi connectivity index (χ4n) is 1.42. The molecule has 0 fully saturated rings. The van der Waals surface area contributed by atoms with Crippen LogP contribution >= 0.6 is 0 Å². The summed E-state index contributed by atoms with van der Waals surface area (Å²) in [7, 11) is 0. The highest BCUT2D eigenvalue weighted by Crippen LogP contribution is 2.15. The summed E-state index contributed by atoms with van der Waals surface area (Å²) in [6.45, 7) is 8.08. The van der Waals surface area contributed by atoms with Crippen LogP contribution in [0.1, 0.15) is 36.7 Å². The van der Waals surface area contributed by atoms with Gasteiger partial charge in [0.2, 0.25) is 0 Å². The normalized spacial score (nSPS) is 12.4. The molecule has 1 aromatic carbocycles. The number of hydrogen-bond donors (Lipinski definition) is 3. The van der Waals surface area contributed by atoms with Gasteiger partial charge in [-0.3, -0.25) is 10.6 Å². The van der Waals surface area contributed by atoms with Crippen molar-refractivity contribution in [1.29, 1.82) is 0 Å². The second-order valence-electron chi connectivity index (χ2n) is 4.68. The Kier molecular flexibility index (Phi) is 4.52. The van der Waals surface area contributed by atoms with Crippen LogP contribution in [0.15, 0.2) is 18.2 Å². The second kappa shape index (κ2) is 5.68. The van der Waals surface area contributed by atoms with Gasteiger partial charge in [-0.1, -0.05) is 13.8 Å². The molecular weight excluding hydrogens is 214 g/mol. The first-order valence-electron chi connectivity index (χ1n) is 5.83. The lowest BCUT2D eigenvalue weighted by molar-refractivity contribution is 0.0930. The summed E-state index contributed by atoms with van der Waals surface area (Å²) < 4.78 is 0. The highest BCUT2D eigenvalue weighted by Gasteiger charge is 2.12. The molecule has 0 bridgehead atoms. The third kappa shape index (κ3) is 3.46. The van der Waals surface area contributed by atoms with E-state index in [4.69, 9.17) is 5.84 Å². The highest BCUT2D eigenvalue weighted by molar-refractivity contribution is 5.95. The van der Waals surface area contributed by atoms with Gasteiger partial charge in [0.15, 0.2) is 0 Å². The molecule has 0 aliphatic carbocycles. The standard InChI is InChI=1S/C13H21N3O/c1-8(2)10(4)15-13(17)11-5-6-12(16-14)9(3)7-11/h5-8,10,16H,14H2,1-4H3,(H,15,17). The Morgan fingerprint density at radius 2 is 1.94 bits per heavy atom. The van der Waals surface area contributed by atoms with Crippen LogP contribution in [0, 0.1) is 12.8 Å². The summed E-state index contributed by atoms with van der Waals surface area (Å²) in [5.41, 5.74) is 5.04. The van der Waals surface area contributed by atoms with Crippen LogP contribution in [0.25, 0.3) is 0 Å². The molecule has 1 amide bonds. The Balaban J connectivity index is 2.80. The summed E-state index contributed by atoms with van der Waals surface area (Å²) in [5, 5.41) is 2.97. The molecule has 94 valence electrons. The van der Waals surface area contributed by atoms with Crippen molar-refractivity contribution in [3.8, 4) is 0 Å². The number of nitrogens with one attached hydrogen (secondary N) is 2. The first kappa shape index (κ1) is 13.5. The lowest BCUT2D eigenvalue weighted by atomic mass is 10.0. The number of nitrogens with two attached hydrogens (primary N) is 1. The SMILES string of the molecule is Cc1cc(C(=O)NC(C)C(C)C)ccc1NN. The summed E-state index contributed by atoms with van der Waals surface area (Å²) >= 11 is 0. The van der Waals surface area contributed by atoms with Crippen molar-refractivity contribution in [2.24, 2.45) is 11.8 Å². The van der Waals surface area contributed by atoms with Crippen molar-refractivity contribution >= 4 is 11.6 Å². The van der Waals surface area contributed by atoms with Crippen LogP contribution in [-0.2, 0) is 0 Å². The minimum atomic E-state index is -0.0436. The zero-order valence-corrected chi connectivity index (χ0v) is 10.9. The smallest absolute Gasteiger partial charge is 0.251 e. The maximum absolute atomic E-state index is 11.9. The van der Waals surface area contributed by atoms with Crippen LogP contribution in [0.2, 0.25) is 0 Å². The minimum Gasteiger partial charge on any atom is -0.349 e. The Morgan fingerprint density at radius 1 is 1.29 bits per heavy atom. The molecule has 1 atom stereocenters. The molecule has 0 heterocycles. The fourth-order valence-corrected chi connectivity index (χ4v) is 1.42. The van der Waals surface area contributed by atoms with Crippen molar-refractivity contribution in [2.45, 2.75) is 33.7 Å². The van der Waals surface area contributed by atoms with E-state index in [1.165, 1.54) is 0 Å². The van der Waals surface area contributed by atoms with Gasteiger partial charge in [-0.05, 0) is 43.5 Å². The van der Waals surface area contributed by atoms with E-state index in [1.54, 1.807) is 6.07 Å². The lowest BCUT2D eigenvalue weighted by Crippen LogP contribution is -2.36. The van der Waals surface area contributed by atoms with Gasteiger partial charge in [0.25, 0.3) is 5.91 Å². The van der Waals surface area contributed by atoms with Gasteiger partial charge in [0.05, 0.1) is 5.69 Å². The van der Waals surface area contributed by atoms with Crippen molar-refractivity contribution in [3.05, 3.63) is 29.3 Å². The molecule has 0 saturated heterocycles. The number of amides is 1. The number of aryl methyl sites for hydroxylation is 1. The van der Waals surface area contributed by atoms with Gasteiger partial charge in [-0.25, -0.2) is 0 Å². The number of hydrazine groups is 1. The summed E-state index contributed by atoms with van der Waals surface area (Å²) in [6, 6.07) is 5.57. The molecule has 4 heteroatoms. The van der Waals surface area contributed by atoms with Crippen molar-refractivity contribution in [3.63, 3.8) is 0 Å². The van der Waals surface area contributed by atoms with Crippen LogP contribution in [0.5, 0.6) is 0 Å². The number of rotatable bonds is 4. The number of carbonyl (C=O) groups is 1. The van der Waals surface area contributed by atoms with E-state index in [-0.39, 0.29) is 11.9 Å². The molecular formula is C13H21N3O. The van der Waals surface area contributed by atoms with E-state index in [0.717, 1.165) is 11.3 Å². The molecule has 4 N–H and O–H groups in total. The Hall–Kier alpha value is -1.55. The summed E-state index contributed by atoms with van der Waals surface area (Å²) in [6.07, 6.45) is 0. The van der Waals surface area contributed by atoms with E-state index in [9.17, 15) is 4.79 Å². The maximum Gasteiger partial charge on any atom is 0.251 e. The average Bonchev–Trinajstić information content (AvgIpc) is 2.28. The summed E-state index contributed by atoms with van der Waals surface area (Å²) in [4.78, 5) is 11.9. The number of nitrogen functional groups attached to an aromatic ring is 1. The Bertz CT molecular complexity index is 402. The quantitative estimate of drug-likeness (QED) is 0.552. The van der Waals surface area contributed by atoms with Crippen LogP contribution in [-0.4, -0.2) is 11.9 Å². The van der Waals surface area contributed by atoms with Crippen molar-refractivity contribution in [2.75, 3.05) is 5.43 Å². The van der Waals surface area contributed by atoms with Gasteiger partial charge < -0.3 is 10.7 Å². The van der Waals surface area contributed by atoms with Gasteiger partial charge in [-0.15, -0.1) is 0 Å². The van der Waals surface area contributed by atoms with Crippen LogP contribution in [0.4, 0.5) is 5.69 Å². The molecule has 0 radical (unpaired) electrons. The van der Waals surface area contributed by atoms with Crippen LogP contribution in [0.3, 0.4) is 0 Å². The van der Waals surface area contributed by atoms with E-state index >= 15 is 0 Å². The van der Waals surface area contributed by atoms with E-state index in [2.05, 4.69) is 24.6 Å². The van der Waals surface area contributed by atoms with Crippen molar-refractivity contribution in [1.82, 2.24) is 5.32 Å². The predicted molar refractivity (Wildman–Crippen MR) is 70.8 cm³/mol. The molecule has 1 unspecified atom stereocenters. The highest BCUT2D eigenvalue weighted by atomic mass is 16.1. The molecule has 17 heavy (non-hydrogen) atoms. The lowest BCUT2D eigenvalue weighted by Gasteiger charge is -2.17. The van der Waals surface area contributed by atoms with E-state index in [1.807, 2.05) is 26.0 Å². The maximum atomic E-state index is 11.9. The molecule has 0 saturated carbocycles. The predicted octanol–water partition coefficient (Wildman–Crippen LogP) is 2.05. The van der Waals surface area contributed by atoms with Crippen LogP contribution < -0.4 is 16.6 Å². The van der Waals surface area contributed by atoms with Gasteiger partial charge in [0.1, 0.15) is 0 Å². The Morgan fingerprint density at radius 3 is 2.41 bits per heavy atom.